The Kier molecular flexibility index (Phi) is 3.70. The summed E-state index contributed by atoms with van der Waals surface area (Å²) in [5.74, 6) is 0.748. The second kappa shape index (κ2) is 6.02. The molecular weight excluding hydrogens is 316 g/mol. The van der Waals surface area contributed by atoms with Crippen LogP contribution in [0.3, 0.4) is 0 Å². The van der Waals surface area contributed by atoms with Gasteiger partial charge in [0.1, 0.15) is 11.2 Å². The van der Waals surface area contributed by atoms with Crippen LogP contribution in [-0.4, -0.2) is 16.2 Å². The number of rotatable bonds is 3. The van der Waals surface area contributed by atoms with Gasteiger partial charge in [-0.25, -0.2) is 9.97 Å². The summed E-state index contributed by atoms with van der Waals surface area (Å²) in [6, 6.07) is 14.5. The predicted molar refractivity (Wildman–Crippen MR) is 102 cm³/mol. The fraction of sp³-hybridized carbons (Fsp3) is 0.105. The molecule has 0 aliphatic rings. The lowest BCUT2D eigenvalue weighted by Crippen LogP contribution is -1.96. The normalized spacial score (nSPS) is 11.6. The average Bonchev–Trinajstić information content (AvgIpc) is 2.90. The Balaban J connectivity index is 1.69. The Hall–Kier alpha value is -2.79. The van der Waals surface area contributed by atoms with E-state index in [1.807, 2.05) is 24.4 Å². The molecule has 24 heavy (non-hydrogen) atoms. The monoisotopic (exact) mass is 332 g/mol. The molecule has 0 fully saturated rings. The van der Waals surface area contributed by atoms with Crippen molar-refractivity contribution in [3.05, 3.63) is 64.8 Å². The average molecular weight is 332 g/mol. The minimum atomic E-state index is 0.748. The van der Waals surface area contributed by atoms with Gasteiger partial charge in [0, 0.05) is 10.4 Å². The lowest BCUT2D eigenvalue weighted by molar-refractivity contribution is 1.19. The smallest absolute Gasteiger partial charge is 0.158 e. The maximum atomic E-state index is 4.40. The Morgan fingerprint density at radius 2 is 1.88 bits per heavy atom. The first-order valence-corrected chi connectivity index (χ1v) is 8.53. The Morgan fingerprint density at radius 3 is 2.79 bits per heavy atom. The summed E-state index contributed by atoms with van der Waals surface area (Å²) >= 11 is 1.68. The van der Waals surface area contributed by atoms with Crippen LogP contribution < -0.4 is 5.43 Å². The fourth-order valence-electron chi connectivity index (χ4n) is 2.79. The SMILES string of the molecule is Cc1sc2ncnc(N/N=C\c3cccc4ccccc34)c2c1C. The molecule has 1 N–H and O–H groups in total. The summed E-state index contributed by atoms with van der Waals surface area (Å²) in [4.78, 5) is 10.9. The second-order valence-corrected chi connectivity index (χ2v) is 6.83. The zero-order valence-electron chi connectivity index (χ0n) is 13.4. The van der Waals surface area contributed by atoms with Crippen LogP contribution in [0.25, 0.3) is 21.0 Å². The first kappa shape index (κ1) is 14.8. The Labute approximate surface area is 143 Å². The summed E-state index contributed by atoms with van der Waals surface area (Å²) in [6.07, 6.45) is 3.41. The molecule has 5 heteroatoms. The highest BCUT2D eigenvalue weighted by molar-refractivity contribution is 7.18. The van der Waals surface area contributed by atoms with Gasteiger partial charge in [-0.05, 0) is 30.2 Å². The van der Waals surface area contributed by atoms with Crippen LogP contribution in [0.15, 0.2) is 53.9 Å². The van der Waals surface area contributed by atoms with Gasteiger partial charge >= 0.3 is 0 Å². The van der Waals surface area contributed by atoms with Crippen molar-refractivity contribution in [1.29, 1.82) is 0 Å². The number of aromatic nitrogens is 2. The van der Waals surface area contributed by atoms with E-state index in [-0.39, 0.29) is 0 Å². The van der Waals surface area contributed by atoms with E-state index in [0.717, 1.165) is 21.6 Å². The quantitative estimate of drug-likeness (QED) is 0.428. The number of nitrogens with one attached hydrogen (secondary N) is 1. The summed E-state index contributed by atoms with van der Waals surface area (Å²) < 4.78 is 0. The molecular formula is C19H16N4S. The molecule has 0 amide bonds. The highest BCUT2D eigenvalue weighted by Gasteiger charge is 2.11. The standard InChI is InChI=1S/C19H16N4S/c1-12-13(2)24-19-17(12)18(20-11-21-19)23-22-10-15-8-5-7-14-6-3-4-9-16(14)15/h3-11H,1-2H3,(H,20,21,23)/b22-10-. The highest BCUT2D eigenvalue weighted by atomic mass is 32.1. The van der Waals surface area contributed by atoms with Gasteiger partial charge in [-0.2, -0.15) is 5.10 Å². The summed E-state index contributed by atoms with van der Waals surface area (Å²) in [5, 5.41) is 7.84. The number of benzene rings is 2. The molecule has 4 rings (SSSR count). The topological polar surface area (TPSA) is 50.2 Å². The molecule has 0 saturated carbocycles. The van der Waals surface area contributed by atoms with Crippen molar-refractivity contribution in [2.24, 2.45) is 5.10 Å². The maximum absolute atomic E-state index is 4.40. The van der Waals surface area contributed by atoms with E-state index in [0.29, 0.717) is 0 Å². The number of aryl methyl sites for hydroxylation is 2. The van der Waals surface area contributed by atoms with E-state index >= 15 is 0 Å². The van der Waals surface area contributed by atoms with E-state index in [1.54, 1.807) is 17.7 Å². The number of hydrazone groups is 1. The lowest BCUT2D eigenvalue weighted by atomic mass is 10.1. The number of fused-ring (bicyclic) bond motifs is 2. The van der Waals surface area contributed by atoms with Gasteiger partial charge < -0.3 is 0 Å². The molecule has 2 heterocycles. The number of thiophene rings is 1. The Morgan fingerprint density at radius 1 is 1.04 bits per heavy atom. The first-order chi connectivity index (χ1) is 11.7. The van der Waals surface area contributed by atoms with Crippen molar-refractivity contribution in [3.63, 3.8) is 0 Å². The van der Waals surface area contributed by atoms with Gasteiger partial charge in [0.15, 0.2) is 5.82 Å². The molecule has 0 spiro atoms. The summed E-state index contributed by atoms with van der Waals surface area (Å²) in [6.45, 7) is 4.20. The van der Waals surface area contributed by atoms with Crippen LogP contribution in [0.1, 0.15) is 16.0 Å². The van der Waals surface area contributed by atoms with E-state index in [1.165, 1.54) is 21.2 Å². The third kappa shape index (κ3) is 2.53. The zero-order valence-corrected chi connectivity index (χ0v) is 14.3. The molecule has 4 nitrogen and oxygen atoms in total. The minimum Gasteiger partial charge on any atom is -0.261 e. The van der Waals surface area contributed by atoms with Crippen LogP contribution in [0.2, 0.25) is 0 Å². The molecule has 2 aromatic heterocycles. The molecule has 2 aromatic carbocycles. The zero-order chi connectivity index (χ0) is 16.5. The van der Waals surface area contributed by atoms with Crippen LogP contribution in [0, 0.1) is 13.8 Å². The summed E-state index contributed by atoms with van der Waals surface area (Å²) in [5.41, 5.74) is 5.36. The lowest BCUT2D eigenvalue weighted by Gasteiger charge is -2.03. The maximum Gasteiger partial charge on any atom is 0.158 e. The first-order valence-electron chi connectivity index (χ1n) is 7.71. The Bertz CT molecular complexity index is 1060. The van der Waals surface area contributed by atoms with Crippen molar-refractivity contribution >= 4 is 44.4 Å². The van der Waals surface area contributed by atoms with Gasteiger partial charge in [-0.15, -0.1) is 11.3 Å². The number of nitrogens with zero attached hydrogens (tertiary/aromatic N) is 3. The van der Waals surface area contributed by atoms with Crippen LogP contribution >= 0.6 is 11.3 Å². The second-order valence-electron chi connectivity index (χ2n) is 5.62. The molecule has 4 aromatic rings. The number of hydrogen-bond donors (Lipinski definition) is 1. The van der Waals surface area contributed by atoms with Crippen molar-refractivity contribution in [2.45, 2.75) is 13.8 Å². The molecule has 0 atom stereocenters. The van der Waals surface area contributed by atoms with Crippen molar-refractivity contribution in [2.75, 3.05) is 5.43 Å². The van der Waals surface area contributed by atoms with Gasteiger partial charge in [-0.1, -0.05) is 42.5 Å². The van der Waals surface area contributed by atoms with Gasteiger partial charge in [0.05, 0.1) is 11.6 Å². The van der Waals surface area contributed by atoms with E-state index in [4.69, 9.17) is 0 Å². The number of anilines is 1. The van der Waals surface area contributed by atoms with Crippen molar-refractivity contribution < 1.29 is 0 Å². The fourth-order valence-corrected chi connectivity index (χ4v) is 3.79. The number of hydrogen-bond acceptors (Lipinski definition) is 5. The predicted octanol–water partition coefficient (Wildman–Crippen LogP) is 4.91. The minimum absolute atomic E-state index is 0.748. The highest BCUT2D eigenvalue weighted by Crippen LogP contribution is 2.32. The third-order valence-electron chi connectivity index (χ3n) is 4.16. The molecule has 0 bridgehead atoms. The molecule has 118 valence electrons. The van der Waals surface area contributed by atoms with E-state index in [9.17, 15) is 0 Å². The van der Waals surface area contributed by atoms with Crippen LogP contribution in [0.5, 0.6) is 0 Å². The van der Waals surface area contributed by atoms with Gasteiger partial charge in [0.25, 0.3) is 0 Å². The van der Waals surface area contributed by atoms with Gasteiger partial charge in [-0.3, -0.25) is 5.43 Å². The summed E-state index contributed by atoms with van der Waals surface area (Å²) in [7, 11) is 0. The van der Waals surface area contributed by atoms with E-state index < -0.39 is 0 Å². The van der Waals surface area contributed by atoms with Crippen molar-refractivity contribution in [3.8, 4) is 0 Å². The van der Waals surface area contributed by atoms with Crippen LogP contribution in [0.4, 0.5) is 5.82 Å². The molecule has 0 aliphatic heterocycles. The van der Waals surface area contributed by atoms with Crippen LogP contribution in [-0.2, 0) is 0 Å². The van der Waals surface area contributed by atoms with Crippen molar-refractivity contribution in [1.82, 2.24) is 9.97 Å². The van der Waals surface area contributed by atoms with E-state index in [2.05, 4.69) is 58.6 Å². The third-order valence-corrected chi connectivity index (χ3v) is 5.28. The molecule has 0 aliphatic carbocycles. The molecule has 0 saturated heterocycles. The molecule has 0 unspecified atom stereocenters. The van der Waals surface area contributed by atoms with Gasteiger partial charge in [0.2, 0.25) is 0 Å². The largest absolute Gasteiger partial charge is 0.261 e. The molecule has 0 radical (unpaired) electrons.